The van der Waals surface area contributed by atoms with Crippen LogP contribution in [0.1, 0.15) is 29.5 Å². The summed E-state index contributed by atoms with van der Waals surface area (Å²) in [5.41, 5.74) is 5.85. The van der Waals surface area contributed by atoms with Gasteiger partial charge >= 0.3 is 6.03 Å². The zero-order valence-corrected chi connectivity index (χ0v) is 21.2. The summed E-state index contributed by atoms with van der Waals surface area (Å²) in [5, 5.41) is 6.03. The Morgan fingerprint density at radius 2 is 1.78 bits per heavy atom. The second-order valence-corrected chi connectivity index (χ2v) is 9.07. The number of hydrogen-bond donors (Lipinski definition) is 2. The van der Waals surface area contributed by atoms with Gasteiger partial charge in [0.2, 0.25) is 0 Å². The number of quaternary nitrogens is 1. The Labute approximate surface area is 215 Å². The van der Waals surface area contributed by atoms with E-state index in [2.05, 4.69) is 41.0 Å². The fourth-order valence-corrected chi connectivity index (χ4v) is 5.44. The van der Waals surface area contributed by atoms with Crippen LogP contribution in [0.5, 0.6) is 0 Å². The first-order valence-corrected chi connectivity index (χ1v) is 11.2. The minimum absolute atomic E-state index is 0. The van der Waals surface area contributed by atoms with Gasteiger partial charge in [-0.3, -0.25) is 0 Å². The molecule has 1 spiro atoms. The summed E-state index contributed by atoms with van der Waals surface area (Å²) in [6.07, 6.45) is 3.73. The van der Waals surface area contributed by atoms with E-state index in [0.717, 1.165) is 35.4 Å². The molecule has 3 aromatic carbocycles. The molecule has 2 atom stereocenters. The van der Waals surface area contributed by atoms with Crippen LogP contribution in [-0.2, 0) is 52.2 Å². The summed E-state index contributed by atoms with van der Waals surface area (Å²) in [5.74, 6) is 0.711. The number of hydrogen-bond acceptors (Lipinski definition) is 1. The number of rotatable bonds is 4. The SMILES string of the molecule is O=C(Nc1ccccc1)Nc1cccc2c1C[N+]1(CCCC(Cc3cc[c-]cc3)C1)C2.[Y]. The molecule has 1 fully saturated rings. The minimum Gasteiger partial charge on any atom is -0.316 e. The predicted molar refractivity (Wildman–Crippen MR) is 125 cm³/mol. The molecule has 2 N–H and O–H groups in total. The first-order chi connectivity index (χ1) is 15.2. The van der Waals surface area contributed by atoms with Gasteiger partial charge in [-0.1, -0.05) is 30.3 Å². The number of fused-ring (bicyclic) bond motifs is 1. The van der Waals surface area contributed by atoms with Crippen LogP contribution in [0.4, 0.5) is 16.2 Å². The van der Waals surface area contributed by atoms with Gasteiger partial charge < -0.3 is 15.1 Å². The van der Waals surface area contributed by atoms with E-state index in [1.165, 1.54) is 42.6 Å². The molecule has 0 saturated carbocycles. The van der Waals surface area contributed by atoms with E-state index >= 15 is 0 Å². The maximum absolute atomic E-state index is 12.6. The predicted octanol–water partition coefficient (Wildman–Crippen LogP) is 5.61. The second kappa shape index (κ2) is 10.3. The van der Waals surface area contributed by atoms with E-state index in [1.54, 1.807) is 0 Å². The molecule has 3 aromatic rings. The van der Waals surface area contributed by atoms with Gasteiger partial charge in [0.15, 0.2) is 0 Å². The van der Waals surface area contributed by atoms with Crippen molar-refractivity contribution in [2.75, 3.05) is 23.7 Å². The third kappa shape index (κ3) is 5.31. The average molecular weight is 500 g/mol. The summed E-state index contributed by atoms with van der Waals surface area (Å²) < 4.78 is 1.12. The fraction of sp³-hybridized carbons (Fsp3) is 0.296. The summed E-state index contributed by atoms with van der Waals surface area (Å²) in [7, 11) is 0. The molecule has 2 amide bonds. The van der Waals surface area contributed by atoms with Crippen molar-refractivity contribution in [2.24, 2.45) is 5.92 Å². The summed E-state index contributed by atoms with van der Waals surface area (Å²) >= 11 is 0. The molecule has 0 aromatic heterocycles. The molecule has 1 saturated heterocycles. The van der Waals surface area contributed by atoms with Gasteiger partial charge in [-0.2, -0.15) is 35.9 Å². The molecule has 5 heteroatoms. The third-order valence-corrected chi connectivity index (χ3v) is 6.75. The van der Waals surface area contributed by atoms with Gasteiger partial charge in [-0.05, 0) is 37.5 Å². The molecule has 5 rings (SSSR count). The van der Waals surface area contributed by atoms with Crippen molar-refractivity contribution in [3.8, 4) is 0 Å². The maximum Gasteiger partial charge on any atom is 0.323 e. The fourth-order valence-electron chi connectivity index (χ4n) is 5.44. The molecule has 2 aliphatic rings. The number of nitrogens with zero attached hydrogens (tertiary/aromatic N) is 1. The van der Waals surface area contributed by atoms with E-state index < -0.39 is 0 Å². The number of urea groups is 1. The van der Waals surface area contributed by atoms with E-state index in [4.69, 9.17) is 0 Å². The molecular weight excluding hydrogens is 471 g/mol. The van der Waals surface area contributed by atoms with E-state index in [1.807, 2.05) is 48.5 Å². The summed E-state index contributed by atoms with van der Waals surface area (Å²) in [6, 6.07) is 27.3. The first-order valence-electron chi connectivity index (χ1n) is 11.2. The van der Waals surface area contributed by atoms with E-state index in [9.17, 15) is 4.79 Å². The van der Waals surface area contributed by atoms with E-state index in [0.29, 0.717) is 5.92 Å². The van der Waals surface area contributed by atoms with Crippen LogP contribution in [0.25, 0.3) is 0 Å². The van der Waals surface area contributed by atoms with Gasteiger partial charge in [0.05, 0.1) is 18.8 Å². The third-order valence-electron chi connectivity index (χ3n) is 6.75. The van der Waals surface area contributed by atoms with Gasteiger partial charge in [0.1, 0.15) is 13.1 Å². The molecule has 1 radical (unpaired) electrons. The van der Waals surface area contributed by atoms with Crippen LogP contribution < -0.4 is 10.6 Å². The van der Waals surface area contributed by atoms with Crippen LogP contribution in [0.2, 0.25) is 0 Å². The number of carbonyl (C=O) groups excluding carboxylic acids is 1. The normalized spacial score (nSPS) is 21.4. The van der Waals surface area contributed by atoms with Crippen molar-refractivity contribution in [2.45, 2.75) is 32.4 Å². The first kappa shape index (κ1) is 23.2. The van der Waals surface area contributed by atoms with Crippen LogP contribution >= 0.6 is 0 Å². The number of nitrogens with one attached hydrogen (secondary N) is 2. The maximum atomic E-state index is 12.6. The standard InChI is InChI=1S/C27H29N3O.Y/c31-27(28-24-13-5-2-6-14-24)29-26-15-7-12-23-19-30(20-25(23)26)16-8-11-22(18-30)17-21-9-3-1-4-10-21;/h2-7,9-10,12-15,22H,8,11,16-20H2,(H2,28,29,31);. The van der Waals surface area contributed by atoms with Crippen molar-refractivity contribution in [1.29, 1.82) is 0 Å². The van der Waals surface area contributed by atoms with Gasteiger partial charge in [0, 0.05) is 55.4 Å². The Hall–Kier alpha value is -2.01. The Bertz CT molecular complexity index is 1060. The van der Waals surface area contributed by atoms with Gasteiger partial charge in [-0.25, -0.2) is 4.79 Å². The molecule has 0 bridgehead atoms. The van der Waals surface area contributed by atoms with Crippen molar-refractivity contribution >= 4 is 17.4 Å². The molecule has 2 unspecified atom stereocenters. The van der Waals surface area contributed by atoms with Crippen LogP contribution in [-0.4, -0.2) is 23.6 Å². The van der Waals surface area contributed by atoms with Crippen molar-refractivity contribution in [1.82, 2.24) is 0 Å². The summed E-state index contributed by atoms with van der Waals surface area (Å²) in [6.45, 7) is 4.52. The number of anilines is 2. The Balaban J connectivity index is 0.00000245. The second-order valence-electron chi connectivity index (χ2n) is 9.07. The quantitative estimate of drug-likeness (QED) is 0.355. The van der Waals surface area contributed by atoms with Crippen LogP contribution in [0.15, 0.2) is 72.8 Å². The van der Waals surface area contributed by atoms with Crippen LogP contribution in [0, 0.1) is 12.0 Å². The molecule has 2 aliphatic heterocycles. The van der Waals surface area contributed by atoms with Gasteiger partial charge in [0.25, 0.3) is 0 Å². The smallest absolute Gasteiger partial charge is 0.316 e. The molecule has 4 nitrogen and oxygen atoms in total. The number of benzene rings is 3. The Morgan fingerprint density at radius 1 is 0.969 bits per heavy atom. The van der Waals surface area contributed by atoms with E-state index in [-0.39, 0.29) is 38.7 Å². The van der Waals surface area contributed by atoms with Crippen molar-refractivity contribution in [3.05, 3.63) is 95.6 Å². The number of carbonyl (C=O) groups is 1. The van der Waals surface area contributed by atoms with Crippen LogP contribution in [0.3, 0.4) is 0 Å². The largest absolute Gasteiger partial charge is 0.323 e. The molecule has 161 valence electrons. The Morgan fingerprint density at radius 3 is 2.59 bits per heavy atom. The number of para-hydroxylation sites is 1. The van der Waals surface area contributed by atoms with Crippen molar-refractivity contribution in [3.63, 3.8) is 0 Å². The molecule has 0 aliphatic carbocycles. The monoisotopic (exact) mass is 500 g/mol. The topological polar surface area (TPSA) is 41.1 Å². The molecular formula is C27H29N3OY. The Kier molecular flexibility index (Phi) is 7.45. The number of amides is 2. The summed E-state index contributed by atoms with van der Waals surface area (Å²) in [4.78, 5) is 12.6. The zero-order chi connectivity index (χ0) is 21.1. The van der Waals surface area contributed by atoms with Gasteiger partial charge in [-0.15, -0.1) is 0 Å². The van der Waals surface area contributed by atoms with Crippen molar-refractivity contribution < 1.29 is 42.0 Å². The molecule has 2 heterocycles. The number of piperidine rings is 1. The molecule has 32 heavy (non-hydrogen) atoms. The minimum atomic E-state index is -0.185. The zero-order valence-electron chi connectivity index (χ0n) is 18.4. The average Bonchev–Trinajstić information content (AvgIpc) is 3.13.